The van der Waals surface area contributed by atoms with E-state index in [1.165, 1.54) is 6.26 Å². The second kappa shape index (κ2) is 6.92. The van der Waals surface area contributed by atoms with Crippen LogP contribution < -0.4 is 5.32 Å². The van der Waals surface area contributed by atoms with Gasteiger partial charge in [-0.3, -0.25) is 4.68 Å². The Kier molecular flexibility index (Phi) is 4.97. The van der Waals surface area contributed by atoms with E-state index in [0.29, 0.717) is 19.2 Å². The third-order valence-electron chi connectivity index (χ3n) is 2.92. The van der Waals surface area contributed by atoms with Gasteiger partial charge in [-0.15, -0.1) is 0 Å². The van der Waals surface area contributed by atoms with E-state index in [4.69, 9.17) is 9.15 Å². The number of rotatable bonds is 7. The highest BCUT2D eigenvalue weighted by molar-refractivity contribution is 5.87. The standard InChI is InChI=1S/C14H20N4O3/c1-4-20-13(19)12-9-21-14(16-12)15-6-5-7-18-11(3)8-10(2)17-18/h8-9H,4-7H2,1-3H3,(H,15,16). The van der Waals surface area contributed by atoms with Crippen LogP contribution in [-0.4, -0.2) is 33.9 Å². The van der Waals surface area contributed by atoms with Crippen LogP contribution in [0.2, 0.25) is 0 Å². The van der Waals surface area contributed by atoms with Gasteiger partial charge in [0.05, 0.1) is 12.3 Å². The number of anilines is 1. The van der Waals surface area contributed by atoms with Crippen molar-refractivity contribution in [2.24, 2.45) is 0 Å². The third kappa shape index (κ3) is 4.08. The van der Waals surface area contributed by atoms with E-state index in [0.717, 1.165) is 24.4 Å². The maximum absolute atomic E-state index is 11.4. The summed E-state index contributed by atoms with van der Waals surface area (Å²) in [5.74, 6) is -0.475. The van der Waals surface area contributed by atoms with Crippen molar-refractivity contribution in [2.45, 2.75) is 33.7 Å². The van der Waals surface area contributed by atoms with E-state index in [9.17, 15) is 4.79 Å². The monoisotopic (exact) mass is 292 g/mol. The summed E-state index contributed by atoms with van der Waals surface area (Å²) in [7, 11) is 0. The number of aromatic nitrogens is 3. The van der Waals surface area contributed by atoms with Crippen LogP contribution in [0.15, 0.2) is 16.7 Å². The Morgan fingerprint density at radius 2 is 2.29 bits per heavy atom. The van der Waals surface area contributed by atoms with Gasteiger partial charge in [0.1, 0.15) is 6.26 Å². The molecule has 0 bridgehead atoms. The lowest BCUT2D eigenvalue weighted by Gasteiger charge is -2.04. The zero-order valence-corrected chi connectivity index (χ0v) is 12.5. The number of ether oxygens (including phenoxy) is 1. The highest BCUT2D eigenvalue weighted by Crippen LogP contribution is 2.09. The van der Waals surface area contributed by atoms with Crippen molar-refractivity contribution >= 4 is 12.0 Å². The second-order valence-electron chi connectivity index (χ2n) is 4.69. The Labute approximate surface area is 123 Å². The van der Waals surface area contributed by atoms with Crippen LogP contribution in [0.4, 0.5) is 6.01 Å². The molecule has 2 aromatic heterocycles. The zero-order chi connectivity index (χ0) is 15.2. The van der Waals surface area contributed by atoms with Gasteiger partial charge in [-0.2, -0.15) is 10.1 Å². The van der Waals surface area contributed by atoms with Crippen molar-refractivity contribution in [1.82, 2.24) is 14.8 Å². The molecule has 0 unspecified atom stereocenters. The smallest absolute Gasteiger partial charge is 0.360 e. The first-order chi connectivity index (χ1) is 10.1. The number of esters is 1. The van der Waals surface area contributed by atoms with Crippen molar-refractivity contribution in [3.63, 3.8) is 0 Å². The van der Waals surface area contributed by atoms with Gasteiger partial charge < -0.3 is 14.5 Å². The molecule has 0 fully saturated rings. The largest absolute Gasteiger partial charge is 0.461 e. The lowest BCUT2D eigenvalue weighted by Crippen LogP contribution is -2.09. The van der Waals surface area contributed by atoms with Crippen LogP contribution in [-0.2, 0) is 11.3 Å². The maximum Gasteiger partial charge on any atom is 0.360 e. The molecular weight excluding hydrogens is 272 g/mol. The molecule has 0 radical (unpaired) electrons. The van der Waals surface area contributed by atoms with Crippen molar-refractivity contribution in [1.29, 1.82) is 0 Å². The number of carbonyl (C=O) groups excluding carboxylic acids is 1. The molecule has 0 aliphatic heterocycles. The highest BCUT2D eigenvalue weighted by Gasteiger charge is 2.12. The Bertz CT molecular complexity index is 603. The first kappa shape index (κ1) is 15.1. The van der Waals surface area contributed by atoms with E-state index < -0.39 is 5.97 Å². The molecule has 0 aromatic carbocycles. The van der Waals surface area contributed by atoms with Crippen LogP contribution in [0.1, 0.15) is 35.2 Å². The molecule has 7 nitrogen and oxygen atoms in total. The summed E-state index contributed by atoms with van der Waals surface area (Å²) >= 11 is 0. The molecule has 0 spiro atoms. The minimum absolute atomic E-state index is 0.179. The summed E-state index contributed by atoms with van der Waals surface area (Å²) in [6.45, 7) is 7.57. The van der Waals surface area contributed by atoms with Crippen LogP contribution in [0, 0.1) is 13.8 Å². The van der Waals surface area contributed by atoms with Gasteiger partial charge >= 0.3 is 5.97 Å². The lowest BCUT2D eigenvalue weighted by molar-refractivity contribution is 0.0519. The third-order valence-corrected chi connectivity index (χ3v) is 2.92. The second-order valence-corrected chi connectivity index (χ2v) is 4.69. The number of hydrogen-bond donors (Lipinski definition) is 1. The molecule has 0 aliphatic carbocycles. The topological polar surface area (TPSA) is 82.2 Å². The van der Waals surface area contributed by atoms with Gasteiger partial charge in [-0.1, -0.05) is 0 Å². The summed E-state index contributed by atoms with van der Waals surface area (Å²) in [5, 5.41) is 7.42. The molecule has 2 heterocycles. The van der Waals surface area contributed by atoms with E-state index in [1.807, 2.05) is 24.6 Å². The van der Waals surface area contributed by atoms with Crippen LogP contribution in [0.3, 0.4) is 0 Å². The first-order valence-electron chi connectivity index (χ1n) is 6.97. The van der Waals surface area contributed by atoms with E-state index in [-0.39, 0.29) is 5.69 Å². The van der Waals surface area contributed by atoms with Crippen molar-refractivity contribution < 1.29 is 13.9 Å². The molecule has 2 rings (SSSR count). The first-order valence-corrected chi connectivity index (χ1v) is 6.97. The van der Waals surface area contributed by atoms with Crippen molar-refractivity contribution in [3.8, 4) is 0 Å². The van der Waals surface area contributed by atoms with Gasteiger partial charge in [0.15, 0.2) is 5.69 Å². The summed E-state index contributed by atoms with van der Waals surface area (Å²) in [6.07, 6.45) is 2.17. The number of carbonyl (C=O) groups is 1. The minimum atomic E-state index is -0.475. The fourth-order valence-corrected chi connectivity index (χ4v) is 1.98. The van der Waals surface area contributed by atoms with Gasteiger partial charge in [0.2, 0.25) is 0 Å². The van der Waals surface area contributed by atoms with Gasteiger partial charge in [-0.25, -0.2) is 4.79 Å². The predicted molar refractivity (Wildman–Crippen MR) is 77.3 cm³/mol. The summed E-state index contributed by atoms with van der Waals surface area (Å²) in [5.41, 5.74) is 2.35. The quantitative estimate of drug-likeness (QED) is 0.622. The van der Waals surface area contributed by atoms with E-state index in [1.54, 1.807) is 6.92 Å². The van der Waals surface area contributed by atoms with Gasteiger partial charge in [0, 0.05) is 18.8 Å². The summed E-state index contributed by atoms with van der Waals surface area (Å²) in [4.78, 5) is 15.4. The average molecular weight is 292 g/mol. The Morgan fingerprint density at radius 3 is 2.95 bits per heavy atom. The molecule has 21 heavy (non-hydrogen) atoms. The number of aryl methyl sites for hydroxylation is 3. The highest BCUT2D eigenvalue weighted by atomic mass is 16.5. The van der Waals surface area contributed by atoms with Crippen molar-refractivity contribution in [2.75, 3.05) is 18.5 Å². The molecule has 0 aliphatic rings. The lowest BCUT2D eigenvalue weighted by atomic mass is 10.4. The molecule has 114 valence electrons. The summed E-state index contributed by atoms with van der Waals surface area (Å²) in [6, 6.07) is 2.37. The van der Waals surface area contributed by atoms with Crippen LogP contribution in [0.25, 0.3) is 0 Å². The Hall–Kier alpha value is -2.31. The van der Waals surface area contributed by atoms with Crippen molar-refractivity contribution in [3.05, 3.63) is 29.4 Å². The zero-order valence-electron chi connectivity index (χ0n) is 12.5. The average Bonchev–Trinajstić information content (AvgIpc) is 3.02. The molecule has 2 aromatic rings. The molecule has 0 saturated heterocycles. The molecule has 1 N–H and O–H groups in total. The maximum atomic E-state index is 11.4. The fraction of sp³-hybridized carbons (Fsp3) is 0.500. The van der Waals surface area contributed by atoms with Gasteiger partial charge in [0.25, 0.3) is 6.01 Å². The SMILES string of the molecule is CCOC(=O)c1coc(NCCCn2nc(C)cc2C)n1. The van der Waals surface area contributed by atoms with E-state index >= 15 is 0 Å². The normalized spacial score (nSPS) is 10.6. The predicted octanol–water partition coefficient (Wildman–Crippen LogP) is 2.17. The molecule has 0 atom stereocenters. The van der Waals surface area contributed by atoms with Crippen LogP contribution in [0.5, 0.6) is 0 Å². The molecular formula is C14H20N4O3. The fourth-order valence-electron chi connectivity index (χ4n) is 1.98. The Morgan fingerprint density at radius 1 is 1.48 bits per heavy atom. The number of hydrogen-bond acceptors (Lipinski definition) is 6. The number of nitrogens with zero attached hydrogens (tertiary/aromatic N) is 3. The minimum Gasteiger partial charge on any atom is -0.461 e. The number of nitrogens with one attached hydrogen (secondary N) is 1. The number of oxazole rings is 1. The Balaban J connectivity index is 1.76. The van der Waals surface area contributed by atoms with Crippen LogP contribution >= 0.6 is 0 Å². The van der Waals surface area contributed by atoms with E-state index in [2.05, 4.69) is 15.4 Å². The molecule has 0 saturated carbocycles. The summed E-state index contributed by atoms with van der Waals surface area (Å²) < 4.78 is 12.0. The molecule has 7 heteroatoms. The van der Waals surface area contributed by atoms with Gasteiger partial charge in [-0.05, 0) is 33.3 Å². The molecule has 0 amide bonds.